The Kier molecular flexibility index (Phi) is 7.42. The van der Waals surface area contributed by atoms with Crippen LogP contribution in [-0.4, -0.2) is 69.1 Å². The van der Waals surface area contributed by atoms with E-state index in [2.05, 4.69) is 10.5 Å². The van der Waals surface area contributed by atoms with Gasteiger partial charge in [-0.25, -0.2) is 13.8 Å². The summed E-state index contributed by atoms with van der Waals surface area (Å²) in [5.74, 6) is 0.480. The van der Waals surface area contributed by atoms with Gasteiger partial charge in [-0.1, -0.05) is 29.8 Å². The van der Waals surface area contributed by atoms with Crippen LogP contribution in [-0.2, 0) is 14.8 Å². The average Bonchev–Trinajstić information content (AvgIpc) is 2.78. The third kappa shape index (κ3) is 5.90. The van der Waals surface area contributed by atoms with Crippen LogP contribution in [0.5, 0.6) is 5.75 Å². The van der Waals surface area contributed by atoms with Crippen molar-refractivity contribution in [3.63, 3.8) is 0 Å². The van der Waals surface area contributed by atoms with Crippen molar-refractivity contribution in [1.29, 1.82) is 0 Å². The molecule has 1 aliphatic rings. The van der Waals surface area contributed by atoms with E-state index < -0.39 is 10.0 Å². The molecule has 1 heterocycles. The molecule has 3 rings (SSSR count). The number of hydrazone groups is 1. The highest BCUT2D eigenvalue weighted by molar-refractivity contribution is 7.89. The molecular formula is C22H28N4O4S. The van der Waals surface area contributed by atoms with Gasteiger partial charge in [0.05, 0.1) is 24.3 Å². The number of carbonyl (C=O) groups is 1. The first-order valence-electron chi connectivity index (χ1n) is 10.1. The molecule has 1 N–H and O–H groups in total. The normalized spacial score (nSPS) is 16.2. The van der Waals surface area contributed by atoms with Crippen molar-refractivity contribution in [2.75, 3.05) is 39.8 Å². The number of sulfonamides is 1. The number of rotatable bonds is 7. The molecule has 0 radical (unpaired) electrons. The van der Waals surface area contributed by atoms with Gasteiger partial charge >= 0.3 is 0 Å². The Hall–Kier alpha value is -2.75. The second kappa shape index (κ2) is 10.0. The molecule has 166 valence electrons. The topological polar surface area (TPSA) is 91.3 Å². The highest BCUT2D eigenvalue weighted by atomic mass is 32.2. The molecule has 31 heavy (non-hydrogen) atoms. The number of nitrogens with zero attached hydrogens (tertiary/aromatic N) is 3. The maximum atomic E-state index is 12.8. The Morgan fingerprint density at radius 1 is 1.10 bits per heavy atom. The molecular weight excluding hydrogens is 416 g/mol. The Bertz CT molecular complexity index is 1040. The van der Waals surface area contributed by atoms with Crippen LogP contribution in [0, 0.1) is 6.92 Å². The number of amides is 1. The number of piperazine rings is 1. The fourth-order valence-corrected chi connectivity index (χ4v) is 4.71. The van der Waals surface area contributed by atoms with E-state index in [1.807, 2.05) is 43.0 Å². The van der Waals surface area contributed by atoms with Gasteiger partial charge in [-0.15, -0.1) is 0 Å². The maximum Gasteiger partial charge on any atom is 0.254 e. The van der Waals surface area contributed by atoms with Crippen molar-refractivity contribution in [1.82, 2.24) is 14.6 Å². The quantitative estimate of drug-likeness (QED) is 0.520. The number of carbonyl (C=O) groups excluding carboxylic acids is 1. The smallest absolute Gasteiger partial charge is 0.254 e. The molecule has 0 spiro atoms. The lowest BCUT2D eigenvalue weighted by Gasteiger charge is -2.33. The third-order valence-electron chi connectivity index (χ3n) is 5.19. The van der Waals surface area contributed by atoms with Crippen LogP contribution in [0.2, 0.25) is 0 Å². The second-order valence-electron chi connectivity index (χ2n) is 7.46. The highest BCUT2D eigenvalue weighted by Crippen LogP contribution is 2.18. The molecule has 8 nitrogen and oxygen atoms in total. The molecule has 2 aromatic rings. The number of aryl methyl sites for hydroxylation is 1. The minimum Gasteiger partial charge on any atom is -0.497 e. The van der Waals surface area contributed by atoms with E-state index in [4.69, 9.17) is 4.74 Å². The van der Waals surface area contributed by atoms with Crippen molar-refractivity contribution in [3.05, 3.63) is 59.7 Å². The van der Waals surface area contributed by atoms with Crippen LogP contribution in [0.3, 0.4) is 0 Å². The summed E-state index contributed by atoms with van der Waals surface area (Å²) in [6.07, 6.45) is 0. The van der Waals surface area contributed by atoms with Gasteiger partial charge < -0.3 is 4.74 Å². The molecule has 1 amide bonds. The van der Waals surface area contributed by atoms with E-state index in [-0.39, 0.29) is 12.5 Å². The summed E-state index contributed by atoms with van der Waals surface area (Å²) in [5, 5.41) is 4.16. The first kappa shape index (κ1) is 22.9. The minimum absolute atomic E-state index is 0.160. The van der Waals surface area contributed by atoms with Crippen LogP contribution in [0.4, 0.5) is 0 Å². The molecule has 1 saturated heterocycles. The van der Waals surface area contributed by atoms with Crippen molar-refractivity contribution in [3.8, 4) is 5.75 Å². The number of hydrogen-bond acceptors (Lipinski definition) is 6. The molecule has 0 aromatic heterocycles. The lowest BCUT2D eigenvalue weighted by atomic mass is 10.1. The van der Waals surface area contributed by atoms with Gasteiger partial charge in [0, 0.05) is 31.7 Å². The fraction of sp³-hybridized carbons (Fsp3) is 0.364. The first-order chi connectivity index (χ1) is 14.8. The minimum atomic E-state index is -3.51. The zero-order valence-corrected chi connectivity index (χ0v) is 18.9. The van der Waals surface area contributed by atoms with E-state index >= 15 is 0 Å². The third-order valence-corrected chi connectivity index (χ3v) is 7.11. The van der Waals surface area contributed by atoms with E-state index in [0.717, 1.165) is 16.9 Å². The van der Waals surface area contributed by atoms with Crippen LogP contribution in [0.1, 0.15) is 18.1 Å². The van der Waals surface area contributed by atoms with Crippen molar-refractivity contribution < 1.29 is 17.9 Å². The average molecular weight is 445 g/mol. The first-order valence-corrected chi connectivity index (χ1v) is 11.5. The van der Waals surface area contributed by atoms with Crippen LogP contribution < -0.4 is 10.2 Å². The van der Waals surface area contributed by atoms with Crippen LogP contribution >= 0.6 is 0 Å². The largest absolute Gasteiger partial charge is 0.497 e. The van der Waals surface area contributed by atoms with E-state index in [1.165, 1.54) is 4.31 Å². The molecule has 0 unspecified atom stereocenters. The van der Waals surface area contributed by atoms with Gasteiger partial charge in [-0.05, 0) is 38.1 Å². The summed E-state index contributed by atoms with van der Waals surface area (Å²) in [7, 11) is -1.92. The van der Waals surface area contributed by atoms with Gasteiger partial charge in [0.15, 0.2) is 0 Å². The Morgan fingerprint density at radius 3 is 2.42 bits per heavy atom. The summed E-state index contributed by atoms with van der Waals surface area (Å²) in [4.78, 5) is 14.5. The number of ether oxygens (including phenoxy) is 1. The summed E-state index contributed by atoms with van der Waals surface area (Å²) < 4.78 is 32.2. The van der Waals surface area contributed by atoms with Gasteiger partial charge in [0.25, 0.3) is 5.91 Å². The monoisotopic (exact) mass is 444 g/mol. The van der Waals surface area contributed by atoms with Crippen molar-refractivity contribution in [2.45, 2.75) is 18.7 Å². The lowest BCUT2D eigenvalue weighted by molar-refractivity contribution is -0.122. The van der Waals surface area contributed by atoms with E-state index in [9.17, 15) is 13.2 Å². The number of nitrogens with one attached hydrogen (secondary N) is 1. The highest BCUT2D eigenvalue weighted by Gasteiger charge is 2.28. The Morgan fingerprint density at radius 2 is 1.77 bits per heavy atom. The molecule has 1 fully saturated rings. The molecule has 0 saturated carbocycles. The molecule has 2 aromatic carbocycles. The van der Waals surface area contributed by atoms with Gasteiger partial charge in [-0.2, -0.15) is 9.41 Å². The Labute approximate surface area is 183 Å². The molecule has 0 bridgehead atoms. The molecule has 1 aliphatic heterocycles. The lowest BCUT2D eigenvalue weighted by Crippen LogP contribution is -2.50. The fourth-order valence-electron chi connectivity index (χ4n) is 3.28. The predicted octanol–water partition coefficient (Wildman–Crippen LogP) is 1.85. The zero-order chi connectivity index (χ0) is 22.4. The Balaban J connectivity index is 1.51. The molecule has 9 heteroatoms. The SMILES string of the molecule is COc1cccc(C(C)=NNC(=O)CN2CCN(S(=O)(=O)c3ccc(C)cc3)CC2)c1. The maximum absolute atomic E-state index is 12.8. The van der Waals surface area contributed by atoms with Gasteiger partial charge in [0.1, 0.15) is 5.75 Å². The molecule has 0 atom stereocenters. The van der Waals surface area contributed by atoms with Gasteiger partial charge in [-0.3, -0.25) is 9.69 Å². The van der Waals surface area contributed by atoms with Crippen LogP contribution in [0.15, 0.2) is 58.5 Å². The van der Waals surface area contributed by atoms with Crippen molar-refractivity contribution in [2.24, 2.45) is 5.10 Å². The summed E-state index contributed by atoms with van der Waals surface area (Å²) in [5.41, 5.74) is 5.11. The summed E-state index contributed by atoms with van der Waals surface area (Å²) in [6, 6.07) is 14.3. The van der Waals surface area contributed by atoms with Crippen molar-refractivity contribution >= 4 is 21.6 Å². The second-order valence-corrected chi connectivity index (χ2v) is 9.40. The number of benzene rings is 2. The zero-order valence-electron chi connectivity index (χ0n) is 18.0. The molecule has 0 aliphatic carbocycles. The standard InChI is InChI=1S/C22H28N4O4S/c1-17-7-9-21(10-8-17)31(28,29)26-13-11-25(12-14-26)16-22(27)24-23-18(2)19-5-4-6-20(15-19)30-3/h4-10,15H,11-14,16H2,1-3H3,(H,24,27). The predicted molar refractivity (Wildman–Crippen MR) is 120 cm³/mol. The number of methoxy groups -OCH3 is 1. The summed E-state index contributed by atoms with van der Waals surface area (Å²) in [6.45, 7) is 5.54. The van der Waals surface area contributed by atoms with E-state index in [1.54, 1.807) is 31.4 Å². The number of hydrogen-bond donors (Lipinski definition) is 1. The van der Waals surface area contributed by atoms with E-state index in [0.29, 0.717) is 36.8 Å². The van der Waals surface area contributed by atoms with Crippen LogP contribution in [0.25, 0.3) is 0 Å². The van der Waals surface area contributed by atoms with Gasteiger partial charge in [0.2, 0.25) is 10.0 Å². The summed E-state index contributed by atoms with van der Waals surface area (Å²) >= 11 is 0.